The number of carbonyl (C=O) groups is 1. The number of benzene rings is 2. The monoisotopic (exact) mass is 431 g/mol. The van der Waals surface area contributed by atoms with Gasteiger partial charge < -0.3 is 15.0 Å². The number of aromatic amines is 1. The number of carbonyl (C=O) groups excluding carboxylic acids is 1. The zero-order valence-corrected chi connectivity index (χ0v) is 17.3. The summed E-state index contributed by atoms with van der Waals surface area (Å²) < 4.78 is 19.1. The molecule has 0 aliphatic carbocycles. The summed E-state index contributed by atoms with van der Waals surface area (Å²) >= 11 is 0. The van der Waals surface area contributed by atoms with Crippen LogP contribution < -0.4 is 10.1 Å². The Labute approximate surface area is 184 Å². The van der Waals surface area contributed by atoms with Gasteiger partial charge in [0.1, 0.15) is 23.9 Å². The van der Waals surface area contributed by atoms with Crippen molar-refractivity contribution in [3.05, 3.63) is 84.7 Å². The average Bonchev–Trinajstić information content (AvgIpc) is 3.33. The van der Waals surface area contributed by atoms with Gasteiger partial charge in [-0.25, -0.2) is 19.3 Å². The fourth-order valence-corrected chi connectivity index (χ4v) is 3.21. The van der Waals surface area contributed by atoms with Gasteiger partial charge >= 0.3 is 0 Å². The highest BCUT2D eigenvalue weighted by Crippen LogP contribution is 2.29. The van der Waals surface area contributed by atoms with Crippen LogP contribution in [0.4, 0.5) is 4.39 Å². The molecule has 2 aromatic heterocycles. The molecule has 0 unspecified atom stereocenters. The Bertz CT molecular complexity index is 1220. The van der Waals surface area contributed by atoms with E-state index in [1.54, 1.807) is 48.8 Å². The highest BCUT2D eigenvalue weighted by molar-refractivity contribution is 5.97. The molecule has 162 valence electrons. The van der Waals surface area contributed by atoms with Gasteiger partial charge in [-0.3, -0.25) is 4.79 Å². The van der Waals surface area contributed by atoms with E-state index in [4.69, 9.17) is 4.74 Å². The Balaban J connectivity index is 1.55. The predicted octanol–water partition coefficient (Wildman–Crippen LogP) is 4.09. The van der Waals surface area contributed by atoms with Gasteiger partial charge in [-0.05, 0) is 48.9 Å². The van der Waals surface area contributed by atoms with Crippen LogP contribution in [0, 0.1) is 5.82 Å². The van der Waals surface area contributed by atoms with Gasteiger partial charge in [-0.1, -0.05) is 12.7 Å². The Kier molecular flexibility index (Phi) is 6.50. The zero-order chi connectivity index (χ0) is 22.3. The van der Waals surface area contributed by atoms with Gasteiger partial charge in [0.25, 0.3) is 5.91 Å². The molecule has 0 aliphatic heterocycles. The number of aromatic nitrogens is 4. The summed E-state index contributed by atoms with van der Waals surface area (Å²) in [5.74, 6) is 0.674. The summed E-state index contributed by atoms with van der Waals surface area (Å²) in [6.07, 6.45) is 6.62. The van der Waals surface area contributed by atoms with Crippen molar-refractivity contribution in [1.82, 2.24) is 25.3 Å². The molecule has 1 amide bonds. The number of halogens is 1. The van der Waals surface area contributed by atoms with Crippen molar-refractivity contribution in [2.24, 2.45) is 0 Å². The van der Waals surface area contributed by atoms with Crippen LogP contribution in [0.15, 0.2) is 67.5 Å². The average molecular weight is 431 g/mol. The maximum absolute atomic E-state index is 13.4. The second-order valence-electron chi connectivity index (χ2n) is 7.08. The minimum atomic E-state index is -0.345. The highest BCUT2D eigenvalue weighted by Gasteiger charge is 2.14. The maximum atomic E-state index is 13.4. The quantitative estimate of drug-likeness (QED) is 0.308. The van der Waals surface area contributed by atoms with Gasteiger partial charge in [0.2, 0.25) is 5.88 Å². The molecular formula is C24H22FN5O2. The Morgan fingerprint density at radius 3 is 2.75 bits per heavy atom. The molecule has 7 nitrogen and oxygen atoms in total. The summed E-state index contributed by atoms with van der Waals surface area (Å²) in [4.78, 5) is 29.0. The molecule has 4 rings (SSSR count). The largest absolute Gasteiger partial charge is 0.472 e. The number of fused-ring (bicyclic) bond motifs is 1. The zero-order valence-electron chi connectivity index (χ0n) is 17.3. The van der Waals surface area contributed by atoms with Crippen molar-refractivity contribution in [3.63, 3.8) is 0 Å². The molecule has 8 heteroatoms. The van der Waals surface area contributed by atoms with Gasteiger partial charge in [0.05, 0.1) is 11.0 Å². The minimum absolute atomic E-state index is 0.191. The van der Waals surface area contributed by atoms with E-state index in [2.05, 4.69) is 31.8 Å². The summed E-state index contributed by atoms with van der Waals surface area (Å²) in [6.45, 7) is 4.44. The van der Waals surface area contributed by atoms with Crippen molar-refractivity contribution in [2.75, 3.05) is 13.2 Å². The number of hydrogen-bond donors (Lipinski definition) is 2. The molecule has 32 heavy (non-hydrogen) atoms. The SMILES string of the molecule is C=CCOc1nc2ccc(C(=O)NCCCc3ncc[nH]3)cc2nc1-c1ccc(F)cc1. The number of nitrogens with one attached hydrogen (secondary N) is 2. The number of nitrogens with zero attached hydrogens (tertiary/aromatic N) is 3. The lowest BCUT2D eigenvalue weighted by Gasteiger charge is -2.11. The lowest BCUT2D eigenvalue weighted by Crippen LogP contribution is -2.24. The number of amides is 1. The fourth-order valence-electron chi connectivity index (χ4n) is 3.21. The summed E-state index contributed by atoms with van der Waals surface area (Å²) in [6, 6.07) is 11.1. The predicted molar refractivity (Wildman–Crippen MR) is 120 cm³/mol. The van der Waals surface area contributed by atoms with Crippen LogP contribution in [0.3, 0.4) is 0 Å². The second kappa shape index (κ2) is 9.82. The smallest absolute Gasteiger partial charge is 0.251 e. The lowest BCUT2D eigenvalue weighted by molar-refractivity contribution is 0.0953. The van der Waals surface area contributed by atoms with Crippen molar-refractivity contribution < 1.29 is 13.9 Å². The molecule has 2 aromatic carbocycles. The van der Waals surface area contributed by atoms with Crippen molar-refractivity contribution >= 4 is 16.9 Å². The summed E-state index contributed by atoms with van der Waals surface area (Å²) in [5, 5.41) is 2.91. The normalized spacial score (nSPS) is 10.8. The van der Waals surface area contributed by atoms with E-state index >= 15 is 0 Å². The molecule has 0 bridgehead atoms. The van der Waals surface area contributed by atoms with Crippen LogP contribution >= 0.6 is 0 Å². The molecule has 0 saturated carbocycles. The second-order valence-corrected chi connectivity index (χ2v) is 7.08. The van der Waals surface area contributed by atoms with E-state index in [0.717, 1.165) is 18.7 Å². The van der Waals surface area contributed by atoms with E-state index in [9.17, 15) is 9.18 Å². The first-order chi connectivity index (χ1) is 15.6. The van der Waals surface area contributed by atoms with Crippen LogP contribution in [0.1, 0.15) is 22.6 Å². The van der Waals surface area contributed by atoms with Gasteiger partial charge in [-0.15, -0.1) is 0 Å². The van der Waals surface area contributed by atoms with Crippen LogP contribution in [-0.2, 0) is 6.42 Å². The van der Waals surface area contributed by atoms with E-state index in [1.807, 2.05) is 0 Å². The highest BCUT2D eigenvalue weighted by atomic mass is 19.1. The first kappa shape index (κ1) is 21.2. The van der Waals surface area contributed by atoms with Crippen LogP contribution in [0.25, 0.3) is 22.3 Å². The molecule has 0 radical (unpaired) electrons. The summed E-state index contributed by atoms with van der Waals surface area (Å²) in [7, 11) is 0. The number of rotatable bonds is 9. The van der Waals surface area contributed by atoms with Crippen molar-refractivity contribution in [3.8, 4) is 17.1 Å². The molecular weight excluding hydrogens is 409 g/mol. The summed E-state index contributed by atoms with van der Waals surface area (Å²) in [5.41, 5.74) is 2.74. The van der Waals surface area contributed by atoms with Crippen molar-refractivity contribution in [2.45, 2.75) is 12.8 Å². The molecule has 0 atom stereocenters. The molecule has 0 aliphatic rings. The first-order valence-corrected chi connectivity index (χ1v) is 10.2. The first-order valence-electron chi connectivity index (χ1n) is 10.2. The number of hydrogen-bond acceptors (Lipinski definition) is 5. The van der Waals surface area contributed by atoms with Crippen LogP contribution in [-0.4, -0.2) is 39.0 Å². The fraction of sp³-hybridized carbons (Fsp3) is 0.167. The molecule has 0 fully saturated rings. The Hall–Kier alpha value is -4.07. The van der Waals surface area contributed by atoms with E-state index in [-0.39, 0.29) is 18.3 Å². The molecule has 0 saturated heterocycles. The molecule has 0 spiro atoms. The van der Waals surface area contributed by atoms with Crippen molar-refractivity contribution in [1.29, 1.82) is 0 Å². The Morgan fingerprint density at radius 2 is 2.00 bits per heavy atom. The van der Waals surface area contributed by atoms with E-state index in [1.165, 1.54) is 12.1 Å². The third-order valence-electron chi connectivity index (χ3n) is 4.78. The van der Waals surface area contributed by atoms with Crippen LogP contribution in [0.5, 0.6) is 5.88 Å². The Morgan fingerprint density at radius 1 is 1.16 bits per heavy atom. The number of imidazole rings is 1. The molecule has 2 N–H and O–H groups in total. The van der Waals surface area contributed by atoms with Gasteiger partial charge in [0, 0.05) is 36.5 Å². The van der Waals surface area contributed by atoms with E-state index in [0.29, 0.717) is 40.3 Å². The number of ether oxygens (including phenoxy) is 1. The minimum Gasteiger partial charge on any atom is -0.472 e. The van der Waals surface area contributed by atoms with Gasteiger partial charge in [0.15, 0.2) is 0 Å². The third-order valence-corrected chi connectivity index (χ3v) is 4.78. The molecule has 2 heterocycles. The maximum Gasteiger partial charge on any atom is 0.251 e. The standard InChI is InChI=1S/C24H22FN5O2/c1-2-14-32-24-22(16-5-8-18(25)9-6-16)29-20-15-17(7-10-19(20)30-24)23(31)28-11-3-4-21-26-12-13-27-21/h2,5-10,12-13,15H,1,3-4,11,14H2,(H,26,27)(H,28,31). The number of aryl methyl sites for hydroxylation is 1. The van der Waals surface area contributed by atoms with E-state index < -0.39 is 0 Å². The van der Waals surface area contributed by atoms with Crippen LogP contribution in [0.2, 0.25) is 0 Å². The topological polar surface area (TPSA) is 92.8 Å². The third kappa shape index (κ3) is 4.97. The molecule has 4 aromatic rings. The lowest BCUT2D eigenvalue weighted by atomic mass is 10.1. The number of H-pyrrole nitrogens is 1. The van der Waals surface area contributed by atoms with Gasteiger partial charge in [-0.2, -0.15) is 0 Å².